The molecule has 2 aromatic carbocycles. The van der Waals surface area contributed by atoms with Crippen LogP contribution in [0, 0.1) is 0 Å². The van der Waals surface area contributed by atoms with E-state index in [1.807, 2.05) is 48.5 Å². The van der Waals surface area contributed by atoms with Crippen LogP contribution in [-0.2, 0) is 16.0 Å². The number of rotatable bonds is 7. The lowest BCUT2D eigenvalue weighted by molar-refractivity contribution is -0.136. The van der Waals surface area contributed by atoms with E-state index in [2.05, 4.69) is 15.5 Å². The summed E-state index contributed by atoms with van der Waals surface area (Å²) in [6.07, 6.45) is 1.66. The smallest absolute Gasteiger partial charge is 0.249 e. The molecule has 1 unspecified atom stereocenters. The van der Waals surface area contributed by atoms with Gasteiger partial charge in [-0.2, -0.15) is 0 Å². The molecule has 166 valence electrons. The molecule has 1 aliphatic heterocycles. The van der Waals surface area contributed by atoms with Crippen molar-refractivity contribution in [3.63, 3.8) is 0 Å². The van der Waals surface area contributed by atoms with Crippen LogP contribution in [0.15, 0.2) is 48.5 Å². The topological polar surface area (TPSA) is 93.7 Å². The van der Waals surface area contributed by atoms with Gasteiger partial charge >= 0.3 is 0 Å². The van der Waals surface area contributed by atoms with Crippen molar-refractivity contribution in [2.75, 3.05) is 26.1 Å². The van der Waals surface area contributed by atoms with Gasteiger partial charge in [0.05, 0.1) is 20.6 Å². The fourth-order valence-corrected chi connectivity index (χ4v) is 4.44. The highest BCUT2D eigenvalue weighted by Gasteiger charge is 2.34. The van der Waals surface area contributed by atoms with Crippen molar-refractivity contribution >= 4 is 28.3 Å². The first-order valence-electron chi connectivity index (χ1n) is 10.3. The number of amides is 2. The Morgan fingerprint density at radius 1 is 1.09 bits per heavy atom. The van der Waals surface area contributed by atoms with Gasteiger partial charge in [-0.1, -0.05) is 35.6 Å². The number of methoxy groups -OCH3 is 2. The van der Waals surface area contributed by atoms with Crippen molar-refractivity contribution < 1.29 is 19.1 Å². The highest BCUT2D eigenvalue weighted by Crippen LogP contribution is 2.29. The fourth-order valence-electron chi connectivity index (χ4n) is 3.69. The Kier molecular flexibility index (Phi) is 6.65. The third-order valence-electron chi connectivity index (χ3n) is 5.36. The number of anilines is 1. The Morgan fingerprint density at radius 2 is 1.88 bits per heavy atom. The molecule has 0 bridgehead atoms. The summed E-state index contributed by atoms with van der Waals surface area (Å²) in [7, 11) is 3.21. The second-order valence-corrected chi connectivity index (χ2v) is 8.38. The van der Waals surface area contributed by atoms with E-state index in [4.69, 9.17) is 9.47 Å². The van der Waals surface area contributed by atoms with Gasteiger partial charge in [-0.3, -0.25) is 14.9 Å². The zero-order valence-electron chi connectivity index (χ0n) is 17.9. The summed E-state index contributed by atoms with van der Waals surface area (Å²) < 4.78 is 10.4. The number of ether oxygens (including phenoxy) is 2. The van der Waals surface area contributed by atoms with Gasteiger partial charge in [-0.05, 0) is 42.7 Å². The average molecular weight is 453 g/mol. The zero-order chi connectivity index (χ0) is 22.5. The van der Waals surface area contributed by atoms with E-state index in [-0.39, 0.29) is 18.2 Å². The second kappa shape index (κ2) is 9.78. The Bertz CT molecular complexity index is 1100. The van der Waals surface area contributed by atoms with E-state index in [9.17, 15) is 9.59 Å². The SMILES string of the molecule is COc1ccc(CC(=O)N2CCCC2C(=O)Nc2nnc(-c3cccc(OC)c3)s2)cc1. The molecule has 1 saturated heterocycles. The number of carbonyl (C=O) groups excluding carboxylic acids is 2. The lowest BCUT2D eigenvalue weighted by atomic mass is 10.1. The zero-order valence-corrected chi connectivity index (χ0v) is 18.7. The third kappa shape index (κ3) is 4.88. The molecule has 9 heteroatoms. The molecule has 0 spiro atoms. The minimum absolute atomic E-state index is 0.0675. The Balaban J connectivity index is 1.40. The predicted molar refractivity (Wildman–Crippen MR) is 122 cm³/mol. The van der Waals surface area contributed by atoms with E-state index in [0.29, 0.717) is 23.1 Å². The maximum atomic E-state index is 12.9. The van der Waals surface area contributed by atoms with Gasteiger partial charge < -0.3 is 14.4 Å². The van der Waals surface area contributed by atoms with Crippen molar-refractivity contribution in [3.8, 4) is 22.1 Å². The van der Waals surface area contributed by atoms with Gasteiger partial charge in [-0.25, -0.2) is 0 Å². The number of aromatic nitrogens is 2. The molecular weight excluding hydrogens is 428 g/mol. The molecule has 1 aliphatic rings. The van der Waals surface area contributed by atoms with Crippen LogP contribution in [0.25, 0.3) is 10.6 Å². The number of likely N-dealkylation sites (tertiary alicyclic amines) is 1. The highest BCUT2D eigenvalue weighted by atomic mass is 32.1. The second-order valence-electron chi connectivity index (χ2n) is 7.40. The minimum atomic E-state index is -0.509. The molecule has 1 aromatic heterocycles. The molecule has 0 radical (unpaired) electrons. The fraction of sp³-hybridized carbons (Fsp3) is 0.304. The first kappa shape index (κ1) is 21.8. The Hall–Kier alpha value is -3.46. The van der Waals surface area contributed by atoms with Crippen molar-refractivity contribution in [1.29, 1.82) is 0 Å². The van der Waals surface area contributed by atoms with Gasteiger partial charge in [-0.15, -0.1) is 10.2 Å². The number of hydrogen-bond donors (Lipinski definition) is 1. The van der Waals surface area contributed by atoms with Crippen LogP contribution >= 0.6 is 11.3 Å². The van der Waals surface area contributed by atoms with E-state index >= 15 is 0 Å². The summed E-state index contributed by atoms with van der Waals surface area (Å²) >= 11 is 1.28. The summed E-state index contributed by atoms with van der Waals surface area (Å²) in [5.74, 6) is 1.16. The van der Waals surface area contributed by atoms with Gasteiger partial charge in [0.2, 0.25) is 16.9 Å². The minimum Gasteiger partial charge on any atom is -0.497 e. The first-order chi connectivity index (χ1) is 15.6. The number of carbonyl (C=O) groups is 2. The molecule has 2 heterocycles. The molecule has 2 amide bonds. The van der Waals surface area contributed by atoms with Crippen LogP contribution in [0.2, 0.25) is 0 Å². The summed E-state index contributed by atoms with van der Waals surface area (Å²) in [4.78, 5) is 27.4. The monoisotopic (exact) mass is 452 g/mol. The summed E-state index contributed by atoms with van der Waals surface area (Å²) in [6.45, 7) is 0.568. The number of nitrogens with one attached hydrogen (secondary N) is 1. The Morgan fingerprint density at radius 3 is 2.62 bits per heavy atom. The van der Waals surface area contributed by atoms with Gasteiger partial charge in [0.15, 0.2) is 0 Å². The van der Waals surface area contributed by atoms with E-state index in [1.54, 1.807) is 19.1 Å². The molecule has 8 nitrogen and oxygen atoms in total. The number of benzene rings is 2. The van der Waals surface area contributed by atoms with Crippen LogP contribution in [0.5, 0.6) is 11.5 Å². The lowest BCUT2D eigenvalue weighted by Crippen LogP contribution is -2.43. The molecule has 0 saturated carbocycles. The lowest BCUT2D eigenvalue weighted by Gasteiger charge is -2.23. The molecule has 32 heavy (non-hydrogen) atoms. The predicted octanol–water partition coefficient (Wildman–Crippen LogP) is 3.39. The van der Waals surface area contributed by atoms with E-state index in [0.717, 1.165) is 29.0 Å². The maximum absolute atomic E-state index is 12.9. The van der Waals surface area contributed by atoms with Gasteiger partial charge in [0, 0.05) is 12.1 Å². The van der Waals surface area contributed by atoms with Crippen molar-refractivity contribution in [2.45, 2.75) is 25.3 Å². The normalized spacial score (nSPS) is 15.4. The third-order valence-corrected chi connectivity index (χ3v) is 6.25. The van der Waals surface area contributed by atoms with Crippen LogP contribution in [-0.4, -0.2) is 53.7 Å². The van der Waals surface area contributed by atoms with Crippen LogP contribution < -0.4 is 14.8 Å². The van der Waals surface area contributed by atoms with Crippen molar-refractivity contribution in [2.24, 2.45) is 0 Å². The van der Waals surface area contributed by atoms with Crippen molar-refractivity contribution in [1.82, 2.24) is 15.1 Å². The summed E-state index contributed by atoms with van der Waals surface area (Å²) in [6, 6.07) is 14.4. The molecular formula is C23H24N4O4S. The molecule has 3 aromatic rings. The standard InChI is InChI=1S/C23H24N4O4S/c1-30-17-10-8-15(9-11-17)13-20(28)27-12-4-7-19(27)21(29)24-23-26-25-22(32-23)16-5-3-6-18(14-16)31-2/h3,5-6,8-11,14,19H,4,7,12-13H2,1-2H3,(H,24,26,29). The number of nitrogens with zero attached hydrogens (tertiary/aromatic N) is 3. The quantitative estimate of drug-likeness (QED) is 0.591. The number of hydrogen-bond acceptors (Lipinski definition) is 7. The molecule has 1 fully saturated rings. The van der Waals surface area contributed by atoms with Gasteiger partial charge in [0.1, 0.15) is 22.5 Å². The van der Waals surface area contributed by atoms with Crippen molar-refractivity contribution in [3.05, 3.63) is 54.1 Å². The van der Waals surface area contributed by atoms with Crippen LogP contribution in [0.1, 0.15) is 18.4 Å². The van der Waals surface area contributed by atoms with Crippen LogP contribution in [0.3, 0.4) is 0 Å². The summed E-state index contributed by atoms with van der Waals surface area (Å²) in [5, 5.41) is 12.2. The van der Waals surface area contributed by atoms with E-state index in [1.165, 1.54) is 11.3 Å². The van der Waals surface area contributed by atoms with Gasteiger partial charge in [0.25, 0.3) is 0 Å². The van der Waals surface area contributed by atoms with Crippen LogP contribution in [0.4, 0.5) is 5.13 Å². The molecule has 4 rings (SSSR count). The highest BCUT2D eigenvalue weighted by molar-refractivity contribution is 7.18. The average Bonchev–Trinajstić information content (AvgIpc) is 3.49. The molecule has 0 aliphatic carbocycles. The maximum Gasteiger partial charge on any atom is 0.249 e. The summed E-state index contributed by atoms with van der Waals surface area (Å²) in [5.41, 5.74) is 1.74. The first-order valence-corrected chi connectivity index (χ1v) is 11.1. The van der Waals surface area contributed by atoms with E-state index < -0.39 is 6.04 Å². The molecule has 1 atom stereocenters. The molecule has 1 N–H and O–H groups in total. The largest absolute Gasteiger partial charge is 0.497 e. The Labute approximate surface area is 190 Å².